The van der Waals surface area contributed by atoms with Gasteiger partial charge in [-0.05, 0) is 73.1 Å². The van der Waals surface area contributed by atoms with Gasteiger partial charge in [-0.1, -0.05) is 30.7 Å². The first-order valence-corrected chi connectivity index (χ1v) is 9.88. The molecule has 0 saturated heterocycles. The van der Waals surface area contributed by atoms with Crippen molar-refractivity contribution in [2.75, 3.05) is 5.32 Å². The van der Waals surface area contributed by atoms with Crippen molar-refractivity contribution >= 4 is 23.2 Å². The molecule has 2 N–H and O–H groups in total. The number of fused-ring (bicyclic) bond motifs is 1. The van der Waals surface area contributed by atoms with Gasteiger partial charge in [-0.15, -0.1) is 0 Å². The van der Waals surface area contributed by atoms with Gasteiger partial charge in [-0.3, -0.25) is 4.79 Å². The number of nitrogens with one attached hydrogen (secondary N) is 2. The second-order valence-electron chi connectivity index (χ2n) is 8.08. The predicted molar refractivity (Wildman–Crippen MR) is 106 cm³/mol. The summed E-state index contributed by atoms with van der Waals surface area (Å²) in [7, 11) is 0. The topological polar surface area (TPSA) is 41.1 Å². The largest absolute Gasteiger partial charge is 0.326 e. The Morgan fingerprint density at radius 2 is 1.96 bits per heavy atom. The van der Waals surface area contributed by atoms with Crippen molar-refractivity contribution in [2.45, 2.75) is 38.3 Å². The van der Waals surface area contributed by atoms with Crippen molar-refractivity contribution in [1.82, 2.24) is 5.32 Å². The van der Waals surface area contributed by atoms with Gasteiger partial charge in [0.05, 0.1) is 0 Å². The summed E-state index contributed by atoms with van der Waals surface area (Å²) in [5.41, 5.74) is 1.99. The zero-order valence-electron chi connectivity index (χ0n) is 15.3. The van der Waals surface area contributed by atoms with Crippen LogP contribution in [0.5, 0.6) is 0 Å². The summed E-state index contributed by atoms with van der Waals surface area (Å²) >= 11 is 6.07. The number of hydrogen-bond acceptors (Lipinski definition) is 2. The molecule has 0 aromatic heterocycles. The van der Waals surface area contributed by atoms with E-state index in [-0.39, 0.29) is 23.2 Å². The normalized spacial score (nSPS) is 27.1. The van der Waals surface area contributed by atoms with Gasteiger partial charge < -0.3 is 10.6 Å². The van der Waals surface area contributed by atoms with Crippen molar-refractivity contribution in [3.05, 3.63) is 64.9 Å². The number of carbonyl (C=O) groups excluding carboxylic acids is 1. The number of anilines is 1. The van der Waals surface area contributed by atoms with Gasteiger partial charge in [0.25, 0.3) is 0 Å². The molecule has 1 unspecified atom stereocenters. The van der Waals surface area contributed by atoms with Gasteiger partial charge in [0, 0.05) is 28.7 Å². The first-order chi connectivity index (χ1) is 12.9. The van der Waals surface area contributed by atoms with Crippen LogP contribution < -0.4 is 10.6 Å². The second kappa shape index (κ2) is 7.25. The van der Waals surface area contributed by atoms with Gasteiger partial charge in [-0.2, -0.15) is 0 Å². The third-order valence-corrected chi connectivity index (χ3v) is 6.50. The van der Waals surface area contributed by atoms with E-state index in [1.165, 1.54) is 17.7 Å². The first kappa shape index (κ1) is 18.5. The molecule has 0 spiro atoms. The molecular weight excluding hydrogens is 363 g/mol. The minimum absolute atomic E-state index is 0.0177. The Balaban J connectivity index is 1.33. The summed E-state index contributed by atoms with van der Waals surface area (Å²) in [6.07, 6.45) is 3.29. The maximum atomic E-state index is 13.0. The molecule has 0 radical (unpaired) electrons. The lowest BCUT2D eigenvalue weighted by atomic mass is 9.74. The van der Waals surface area contributed by atoms with Gasteiger partial charge in [-0.25, -0.2) is 4.39 Å². The van der Waals surface area contributed by atoms with Crippen LogP contribution >= 0.6 is 11.6 Å². The lowest BCUT2D eigenvalue weighted by molar-refractivity contribution is -0.121. The molecule has 3 aliphatic rings. The van der Waals surface area contributed by atoms with Crippen molar-refractivity contribution < 1.29 is 9.18 Å². The van der Waals surface area contributed by atoms with E-state index in [0.717, 1.165) is 30.8 Å². The lowest BCUT2D eigenvalue weighted by Gasteiger charge is -2.40. The van der Waals surface area contributed by atoms with Crippen LogP contribution in [0, 0.1) is 23.6 Å². The summed E-state index contributed by atoms with van der Waals surface area (Å²) in [5, 5.41) is 7.39. The molecule has 3 saturated carbocycles. The highest BCUT2D eigenvalue weighted by Crippen LogP contribution is 2.58. The van der Waals surface area contributed by atoms with E-state index in [9.17, 15) is 9.18 Å². The van der Waals surface area contributed by atoms with Crippen molar-refractivity contribution in [3.63, 3.8) is 0 Å². The van der Waals surface area contributed by atoms with Crippen molar-refractivity contribution in [1.29, 1.82) is 0 Å². The highest BCUT2D eigenvalue weighted by molar-refractivity contribution is 6.30. The Morgan fingerprint density at radius 3 is 2.67 bits per heavy atom. The van der Waals surface area contributed by atoms with Crippen molar-refractivity contribution in [2.24, 2.45) is 17.8 Å². The van der Waals surface area contributed by atoms with Gasteiger partial charge >= 0.3 is 0 Å². The summed E-state index contributed by atoms with van der Waals surface area (Å²) in [6, 6.07) is 13.9. The SMILES string of the molecule is C[C@H](C(=O)Nc1ccc(F)cc1)C1CC2(NCc3cccc(Cl)c3)CC1C2. The molecule has 3 aliphatic carbocycles. The third kappa shape index (κ3) is 3.87. The molecule has 3 fully saturated rings. The Bertz CT molecular complexity index is 832. The van der Waals surface area contributed by atoms with Crippen LogP contribution in [0.25, 0.3) is 0 Å². The molecule has 2 aromatic rings. The molecule has 2 atom stereocenters. The molecule has 27 heavy (non-hydrogen) atoms. The van der Waals surface area contributed by atoms with E-state index in [4.69, 9.17) is 11.6 Å². The van der Waals surface area contributed by atoms with E-state index >= 15 is 0 Å². The van der Waals surface area contributed by atoms with Crippen LogP contribution in [-0.4, -0.2) is 11.4 Å². The fourth-order valence-electron chi connectivity index (χ4n) is 4.75. The summed E-state index contributed by atoms with van der Waals surface area (Å²) in [6.45, 7) is 2.81. The predicted octanol–water partition coefficient (Wildman–Crippen LogP) is 5.01. The van der Waals surface area contributed by atoms with Crippen LogP contribution in [0.2, 0.25) is 5.02 Å². The van der Waals surface area contributed by atoms with Gasteiger partial charge in [0.15, 0.2) is 0 Å². The van der Waals surface area contributed by atoms with E-state index in [1.54, 1.807) is 12.1 Å². The van der Waals surface area contributed by atoms with Crippen LogP contribution in [0.4, 0.5) is 10.1 Å². The Labute approximate surface area is 164 Å². The summed E-state index contributed by atoms with van der Waals surface area (Å²) < 4.78 is 13.0. The minimum atomic E-state index is -0.301. The van der Waals surface area contributed by atoms with E-state index in [0.29, 0.717) is 17.5 Å². The molecule has 2 aromatic carbocycles. The number of halogens is 2. The smallest absolute Gasteiger partial charge is 0.227 e. The molecule has 142 valence electrons. The lowest BCUT2D eigenvalue weighted by Crippen LogP contribution is -2.48. The van der Waals surface area contributed by atoms with Crippen molar-refractivity contribution in [3.8, 4) is 0 Å². The fraction of sp³-hybridized carbons (Fsp3) is 0.409. The Kier molecular flexibility index (Phi) is 4.95. The third-order valence-electron chi connectivity index (χ3n) is 6.26. The van der Waals surface area contributed by atoms with Crippen LogP contribution in [0.15, 0.2) is 48.5 Å². The molecule has 5 rings (SSSR count). The molecule has 3 nitrogen and oxygen atoms in total. The zero-order chi connectivity index (χ0) is 19.0. The van der Waals surface area contributed by atoms with Crippen LogP contribution in [0.3, 0.4) is 0 Å². The molecule has 2 bridgehead atoms. The maximum absolute atomic E-state index is 13.0. The van der Waals surface area contributed by atoms with Gasteiger partial charge in [0.2, 0.25) is 5.91 Å². The highest BCUT2D eigenvalue weighted by atomic mass is 35.5. The standard InChI is InChI=1S/C22H24ClFN2O/c1-14(21(27)26-19-7-5-18(24)6-8-19)20-12-22(10-16(20)11-22)25-13-15-3-2-4-17(23)9-15/h2-9,14,16,20,25H,10-13H2,1H3,(H,26,27)/t14-,16?,20?,22?/m0/s1. The van der Waals surface area contributed by atoms with Gasteiger partial charge in [0.1, 0.15) is 5.82 Å². The molecule has 0 heterocycles. The molecule has 1 amide bonds. The maximum Gasteiger partial charge on any atom is 0.227 e. The van der Waals surface area contributed by atoms with Crippen LogP contribution in [0.1, 0.15) is 31.7 Å². The Hall–Kier alpha value is -1.91. The first-order valence-electron chi connectivity index (χ1n) is 9.50. The molecular formula is C22H24ClFN2O. The average molecular weight is 387 g/mol. The Morgan fingerprint density at radius 1 is 1.22 bits per heavy atom. The molecule has 5 heteroatoms. The van der Waals surface area contributed by atoms with E-state index < -0.39 is 0 Å². The number of rotatable bonds is 6. The zero-order valence-corrected chi connectivity index (χ0v) is 16.1. The average Bonchev–Trinajstić information content (AvgIpc) is 3.17. The highest BCUT2D eigenvalue weighted by Gasteiger charge is 2.57. The number of benzene rings is 2. The monoisotopic (exact) mass is 386 g/mol. The molecule has 0 aliphatic heterocycles. The number of carbonyl (C=O) groups is 1. The number of hydrogen-bond donors (Lipinski definition) is 2. The van der Waals surface area contributed by atoms with E-state index in [1.807, 2.05) is 25.1 Å². The van der Waals surface area contributed by atoms with Crippen LogP contribution in [-0.2, 0) is 11.3 Å². The quantitative estimate of drug-likeness (QED) is 0.732. The number of amides is 1. The fourth-order valence-corrected chi connectivity index (χ4v) is 4.97. The van der Waals surface area contributed by atoms with E-state index in [2.05, 4.69) is 16.7 Å². The second-order valence-corrected chi connectivity index (χ2v) is 8.52. The summed E-state index contributed by atoms with van der Waals surface area (Å²) in [5.74, 6) is 0.648. The minimum Gasteiger partial charge on any atom is -0.326 e. The summed E-state index contributed by atoms with van der Waals surface area (Å²) in [4.78, 5) is 12.6.